The number of benzene rings is 2. The highest BCUT2D eigenvalue weighted by Crippen LogP contribution is 2.33. The lowest BCUT2D eigenvalue weighted by Gasteiger charge is -2.33. The number of oxime groups is 1. The van der Waals surface area contributed by atoms with Crippen LogP contribution in [0.5, 0.6) is 0 Å². The molecular weight excluding hydrogens is 410 g/mol. The smallest absolute Gasteiger partial charge is 0.0878 e. The summed E-state index contributed by atoms with van der Waals surface area (Å²) in [7, 11) is 0. The highest BCUT2D eigenvalue weighted by atomic mass is 16.4. The van der Waals surface area contributed by atoms with Crippen LogP contribution in [0.3, 0.4) is 0 Å². The van der Waals surface area contributed by atoms with Gasteiger partial charge in [-0.25, -0.2) is 0 Å². The minimum absolute atomic E-state index is 0.0692. The van der Waals surface area contributed by atoms with E-state index in [0.29, 0.717) is 18.1 Å². The Bertz CT molecular complexity index is 1090. The molecule has 0 radical (unpaired) electrons. The maximum Gasteiger partial charge on any atom is 0.0878 e. The summed E-state index contributed by atoms with van der Waals surface area (Å²) in [5, 5.41) is 23.0. The van der Waals surface area contributed by atoms with E-state index in [1.54, 1.807) is 6.20 Å². The van der Waals surface area contributed by atoms with Gasteiger partial charge in [-0.1, -0.05) is 41.6 Å². The van der Waals surface area contributed by atoms with Crippen LogP contribution < -0.4 is 4.90 Å². The first-order valence-electron chi connectivity index (χ1n) is 11.7. The van der Waals surface area contributed by atoms with E-state index in [4.69, 9.17) is 0 Å². The zero-order valence-electron chi connectivity index (χ0n) is 19.5. The van der Waals surface area contributed by atoms with Gasteiger partial charge < -0.3 is 15.2 Å². The van der Waals surface area contributed by atoms with E-state index < -0.39 is 0 Å². The van der Waals surface area contributed by atoms with Crippen molar-refractivity contribution in [3.8, 4) is 0 Å². The molecule has 1 aliphatic heterocycles. The largest absolute Gasteiger partial charge is 0.411 e. The lowest BCUT2D eigenvalue weighted by Crippen LogP contribution is -2.34. The number of hydrogen-bond acceptors (Lipinski definition) is 5. The number of pyridine rings is 1. The third kappa shape index (κ3) is 5.42. The molecular formula is C28H33N3O2. The summed E-state index contributed by atoms with van der Waals surface area (Å²) >= 11 is 0. The second-order valence-corrected chi connectivity index (χ2v) is 9.05. The van der Waals surface area contributed by atoms with Crippen molar-refractivity contribution in [3.05, 3.63) is 94.8 Å². The topological polar surface area (TPSA) is 69.0 Å². The van der Waals surface area contributed by atoms with Crippen molar-refractivity contribution in [2.75, 3.05) is 24.6 Å². The van der Waals surface area contributed by atoms with Gasteiger partial charge in [-0.2, -0.15) is 0 Å². The molecule has 5 nitrogen and oxygen atoms in total. The van der Waals surface area contributed by atoms with E-state index in [0.717, 1.165) is 37.2 Å². The van der Waals surface area contributed by atoms with Crippen molar-refractivity contribution < 1.29 is 10.3 Å². The Morgan fingerprint density at radius 2 is 1.79 bits per heavy atom. The van der Waals surface area contributed by atoms with Gasteiger partial charge in [0.2, 0.25) is 0 Å². The number of hydrogen-bond donors (Lipinski definition) is 2. The summed E-state index contributed by atoms with van der Waals surface area (Å²) in [5.41, 5.74) is 7.33. The van der Waals surface area contributed by atoms with Gasteiger partial charge in [-0.15, -0.1) is 0 Å². The highest BCUT2D eigenvalue weighted by Gasteiger charge is 2.22. The first-order valence-corrected chi connectivity index (χ1v) is 11.7. The van der Waals surface area contributed by atoms with Crippen LogP contribution in [0.2, 0.25) is 0 Å². The Hall–Kier alpha value is -3.18. The van der Waals surface area contributed by atoms with Crippen LogP contribution in [-0.2, 0) is 0 Å². The molecule has 3 aromatic rings. The molecule has 33 heavy (non-hydrogen) atoms. The number of aryl methyl sites for hydroxylation is 2. The van der Waals surface area contributed by atoms with Crippen molar-refractivity contribution in [1.82, 2.24) is 4.98 Å². The maximum absolute atomic E-state index is 9.88. The average Bonchev–Trinajstić information content (AvgIpc) is 2.86. The molecule has 2 N–H and O–H groups in total. The molecule has 1 atom stereocenters. The number of aliphatic hydroxyl groups excluding tert-OH is 1. The van der Waals surface area contributed by atoms with Crippen molar-refractivity contribution in [1.29, 1.82) is 0 Å². The van der Waals surface area contributed by atoms with Gasteiger partial charge in [-0.05, 0) is 73.6 Å². The summed E-state index contributed by atoms with van der Waals surface area (Å²) in [6.07, 6.45) is 4.41. The molecule has 4 rings (SSSR count). The van der Waals surface area contributed by atoms with E-state index in [2.05, 4.69) is 70.5 Å². The fourth-order valence-corrected chi connectivity index (χ4v) is 4.81. The molecule has 0 bridgehead atoms. The number of rotatable bonds is 7. The first kappa shape index (κ1) is 23.0. The van der Waals surface area contributed by atoms with Gasteiger partial charge in [0.25, 0.3) is 0 Å². The normalized spacial score (nSPS) is 16.1. The first-order chi connectivity index (χ1) is 16.1. The number of nitrogens with zero attached hydrogens (tertiary/aromatic N) is 3. The molecule has 5 heteroatoms. The third-order valence-corrected chi connectivity index (χ3v) is 6.85. The van der Waals surface area contributed by atoms with Crippen LogP contribution in [0.1, 0.15) is 53.1 Å². The predicted octanol–water partition coefficient (Wildman–Crippen LogP) is 5.31. The van der Waals surface area contributed by atoms with Crippen LogP contribution in [0, 0.1) is 19.8 Å². The summed E-state index contributed by atoms with van der Waals surface area (Å²) < 4.78 is 0. The quantitative estimate of drug-likeness (QED) is 0.295. The highest BCUT2D eigenvalue weighted by molar-refractivity contribution is 6.01. The van der Waals surface area contributed by atoms with E-state index >= 15 is 0 Å². The summed E-state index contributed by atoms with van der Waals surface area (Å²) in [6.45, 7) is 6.33. The fourth-order valence-electron chi connectivity index (χ4n) is 4.81. The van der Waals surface area contributed by atoms with Gasteiger partial charge in [0, 0.05) is 55.2 Å². The van der Waals surface area contributed by atoms with Crippen molar-refractivity contribution in [2.45, 2.75) is 39.0 Å². The molecule has 2 aromatic carbocycles. The monoisotopic (exact) mass is 443 g/mol. The Balaban J connectivity index is 1.62. The molecule has 0 saturated carbocycles. The van der Waals surface area contributed by atoms with E-state index in [-0.39, 0.29) is 12.5 Å². The average molecular weight is 444 g/mol. The molecule has 172 valence electrons. The molecule has 1 aromatic heterocycles. The number of piperidine rings is 1. The minimum atomic E-state index is 0.0692. The third-order valence-electron chi connectivity index (χ3n) is 6.85. The molecule has 0 spiro atoms. The SMILES string of the molecule is Cc1cc(C(C[C@H](c2ccc(N3CCC(CO)CC3)cc2)c2ccccc2C)=NO)ccn1. The second kappa shape index (κ2) is 10.6. The summed E-state index contributed by atoms with van der Waals surface area (Å²) in [6, 6.07) is 21.1. The van der Waals surface area contributed by atoms with Gasteiger partial charge >= 0.3 is 0 Å². The van der Waals surface area contributed by atoms with Crippen LogP contribution in [-0.4, -0.2) is 40.7 Å². The lowest BCUT2D eigenvalue weighted by atomic mass is 9.83. The number of anilines is 1. The van der Waals surface area contributed by atoms with Crippen molar-refractivity contribution in [3.63, 3.8) is 0 Å². The van der Waals surface area contributed by atoms with Gasteiger partial charge in [0.15, 0.2) is 0 Å². The second-order valence-electron chi connectivity index (χ2n) is 9.05. The summed E-state index contributed by atoms with van der Waals surface area (Å²) in [5.74, 6) is 0.499. The Kier molecular flexibility index (Phi) is 7.40. The van der Waals surface area contributed by atoms with Gasteiger partial charge in [-0.3, -0.25) is 4.98 Å². The lowest BCUT2D eigenvalue weighted by molar-refractivity contribution is 0.203. The van der Waals surface area contributed by atoms with E-state index in [1.165, 1.54) is 22.4 Å². The minimum Gasteiger partial charge on any atom is -0.411 e. The molecule has 0 unspecified atom stereocenters. The Morgan fingerprint density at radius 1 is 1.06 bits per heavy atom. The van der Waals surface area contributed by atoms with Crippen molar-refractivity contribution in [2.24, 2.45) is 11.1 Å². The zero-order valence-corrected chi connectivity index (χ0v) is 19.5. The fraction of sp³-hybridized carbons (Fsp3) is 0.357. The van der Waals surface area contributed by atoms with Crippen LogP contribution in [0.15, 0.2) is 72.0 Å². The molecule has 0 amide bonds. The Labute approximate surface area is 196 Å². The molecule has 1 aliphatic rings. The predicted molar refractivity (Wildman–Crippen MR) is 133 cm³/mol. The molecule has 2 heterocycles. The zero-order chi connectivity index (χ0) is 23.2. The van der Waals surface area contributed by atoms with Gasteiger partial charge in [0.05, 0.1) is 5.71 Å². The number of aromatic nitrogens is 1. The van der Waals surface area contributed by atoms with Crippen molar-refractivity contribution >= 4 is 11.4 Å². The van der Waals surface area contributed by atoms with E-state index in [1.807, 2.05) is 19.1 Å². The Morgan fingerprint density at radius 3 is 2.42 bits per heavy atom. The van der Waals surface area contributed by atoms with Crippen LogP contribution in [0.4, 0.5) is 5.69 Å². The van der Waals surface area contributed by atoms with Crippen LogP contribution in [0.25, 0.3) is 0 Å². The van der Waals surface area contributed by atoms with E-state index in [9.17, 15) is 10.3 Å². The summed E-state index contributed by atoms with van der Waals surface area (Å²) in [4.78, 5) is 6.68. The standard InChI is InChI=1S/C28H33N3O2/c1-20-5-3-4-6-26(20)27(18-28(30-33)24-11-14-29-21(2)17-24)23-7-9-25(10-8-23)31-15-12-22(19-32)13-16-31/h3-11,14,17,22,27,32-33H,12-13,15-16,18-19H2,1-2H3/t27-/m1/s1. The number of aliphatic hydroxyl groups is 1. The van der Waals surface area contributed by atoms with Crippen LogP contribution >= 0.6 is 0 Å². The maximum atomic E-state index is 9.88. The molecule has 0 aliphatic carbocycles. The molecule has 1 saturated heterocycles. The molecule has 1 fully saturated rings. The van der Waals surface area contributed by atoms with Gasteiger partial charge in [0.1, 0.15) is 0 Å².